The fourth-order valence-corrected chi connectivity index (χ4v) is 3.19. The van der Waals surface area contributed by atoms with Crippen LogP contribution >= 0.6 is 11.8 Å². The summed E-state index contributed by atoms with van der Waals surface area (Å²) in [4.78, 5) is 11.5. The van der Waals surface area contributed by atoms with Crippen molar-refractivity contribution >= 4 is 17.7 Å². The molecule has 1 aliphatic rings. The van der Waals surface area contributed by atoms with E-state index in [2.05, 4.69) is 12.2 Å². The number of carbonyl (C=O) groups excluding carboxylic acids is 1. The van der Waals surface area contributed by atoms with Crippen molar-refractivity contribution in [2.24, 2.45) is 0 Å². The highest BCUT2D eigenvalue weighted by Crippen LogP contribution is 2.36. The third-order valence-electron chi connectivity index (χ3n) is 2.73. The van der Waals surface area contributed by atoms with Gasteiger partial charge in [0.15, 0.2) is 0 Å². The summed E-state index contributed by atoms with van der Waals surface area (Å²) in [5, 5.41) is 3.36. The van der Waals surface area contributed by atoms with Crippen LogP contribution in [0, 0.1) is 0 Å². The van der Waals surface area contributed by atoms with Gasteiger partial charge in [-0.15, -0.1) is 0 Å². The zero-order valence-electron chi connectivity index (χ0n) is 11.5. The van der Waals surface area contributed by atoms with E-state index in [9.17, 15) is 4.79 Å². The lowest BCUT2D eigenvalue weighted by Crippen LogP contribution is -2.34. The van der Waals surface area contributed by atoms with E-state index in [-0.39, 0.29) is 11.6 Å². The monoisotopic (exact) mass is 259 g/mol. The summed E-state index contributed by atoms with van der Waals surface area (Å²) in [5.41, 5.74) is -0.371. The summed E-state index contributed by atoms with van der Waals surface area (Å²) in [6, 6.07) is 0. The second-order valence-electron chi connectivity index (χ2n) is 5.92. The van der Waals surface area contributed by atoms with Crippen molar-refractivity contribution in [2.45, 2.75) is 57.3 Å². The highest BCUT2D eigenvalue weighted by Gasteiger charge is 2.28. The average Bonchev–Trinajstić information content (AvgIpc) is 2.58. The Balaban J connectivity index is 2.10. The minimum absolute atomic E-state index is 0.116. The molecule has 1 N–H and O–H groups in total. The molecular formula is C13H25NO2S. The van der Waals surface area contributed by atoms with Gasteiger partial charge in [-0.1, -0.05) is 0 Å². The third kappa shape index (κ3) is 6.32. The molecule has 0 aromatic carbocycles. The van der Waals surface area contributed by atoms with Crippen LogP contribution < -0.4 is 5.32 Å². The number of hydrogen-bond donors (Lipinski definition) is 1. The molecular weight excluding hydrogens is 234 g/mol. The van der Waals surface area contributed by atoms with Gasteiger partial charge in [-0.25, -0.2) is 0 Å². The molecule has 0 aromatic rings. The first kappa shape index (κ1) is 14.8. The summed E-state index contributed by atoms with van der Waals surface area (Å²) < 4.78 is 5.62. The van der Waals surface area contributed by atoms with Crippen molar-refractivity contribution in [3.63, 3.8) is 0 Å². The molecule has 4 heteroatoms. The number of esters is 1. The average molecular weight is 259 g/mol. The van der Waals surface area contributed by atoms with Gasteiger partial charge < -0.3 is 10.1 Å². The minimum Gasteiger partial charge on any atom is -0.460 e. The Morgan fingerprint density at radius 3 is 2.71 bits per heavy atom. The first-order chi connectivity index (χ1) is 7.81. The molecule has 0 spiro atoms. The second-order valence-corrected chi connectivity index (χ2v) is 7.60. The van der Waals surface area contributed by atoms with E-state index in [0.29, 0.717) is 17.7 Å². The summed E-state index contributed by atoms with van der Waals surface area (Å²) in [7, 11) is 0. The molecule has 1 heterocycles. The lowest BCUT2D eigenvalue weighted by molar-refractivity contribution is -0.154. The number of hydrogen-bond acceptors (Lipinski definition) is 4. The standard InChI is InChI=1S/C13H25NO2S/c1-12(2,3)16-11(15)6-8-14-10-13(4)7-5-9-17-13/h14H,5-10H2,1-4H3. The van der Waals surface area contributed by atoms with Gasteiger partial charge in [0.1, 0.15) is 5.60 Å². The van der Waals surface area contributed by atoms with Crippen LogP contribution in [0.15, 0.2) is 0 Å². The Morgan fingerprint density at radius 2 is 2.18 bits per heavy atom. The van der Waals surface area contributed by atoms with Crippen molar-refractivity contribution in [1.82, 2.24) is 5.32 Å². The van der Waals surface area contributed by atoms with Crippen LogP contribution in [0.3, 0.4) is 0 Å². The van der Waals surface area contributed by atoms with E-state index in [1.165, 1.54) is 18.6 Å². The first-order valence-corrected chi connectivity index (χ1v) is 7.36. The van der Waals surface area contributed by atoms with Crippen LogP contribution in [-0.4, -0.2) is 35.2 Å². The molecule has 1 rings (SSSR count). The lowest BCUT2D eigenvalue weighted by atomic mass is 10.1. The number of ether oxygens (including phenoxy) is 1. The van der Waals surface area contributed by atoms with Crippen LogP contribution in [0.25, 0.3) is 0 Å². The molecule has 0 saturated carbocycles. The van der Waals surface area contributed by atoms with Crippen molar-refractivity contribution in [3.8, 4) is 0 Å². The van der Waals surface area contributed by atoms with Crippen LogP contribution in [0.5, 0.6) is 0 Å². The van der Waals surface area contributed by atoms with Gasteiger partial charge in [-0.3, -0.25) is 4.79 Å². The van der Waals surface area contributed by atoms with Crippen molar-refractivity contribution in [3.05, 3.63) is 0 Å². The fourth-order valence-electron chi connectivity index (χ4n) is 1.91. The van der Waals surface area contributed by atoms with Gasteiger partial charge in [0.2, 0.25) is 0 Å². The molecule has 3 nitrogen and oxygen atoms in total. The molecule has 0 radical (unpaired) electrons. The Labute approximate surface area is 109 Å². The SMILES string of the molecule is CC(C)(C)OC(=O)CCNCC1(C)CCCS1. The molecule has 1 saturated heterocycles. The Kier molecular flexibility index (Phi) is 5.32. The van der Waals surface area contributed by atoms with Gasteiger partial charge in [0, 0.05) is 17.8 Å². The summed E-state index contributed by atoms with van der Waals surface area (Å²) >= 11 is 2.03. The predicted molar refractivity (Wildman–Crippen MR) is 73.4 cm³/mol. The highest BCUT2D eigenvalue weighted by molar-refractivity contribution is 8.00. The maximum absolute atomic E-state index is 11.5. The number of carbonyl (C=O) groups is 1. The van der Waals surface area contributed by atoms with Crippen LogP contribution in [-0.2, 0) is 9.53 Å². The zero-order valence-corrected chi connectivity index (χ0v) is 12.3. The van der Waals surface area contributed by atoms with E-state index < -0.39 is 0 Å². The molecule has 1 aliphatic heterocycles. The van der Waals surface area contributed by atoms with Gasteiger partial charge in [-0.05, 0) is 46.3 Å². The lowest BCUT2D eigenvalue weighted by Gasteiger charge is -2.23. The number of thioether (sulfide) groups is 1. The fraction of sp³-hybridized carbons (Fsp3) is 0.923. The van der Waals surface area contributed by atoms with E-state index in [0.717, 1.165) is 6.54 Å². The smallest absolute Gasteiger partial charge is 0.307 e. The van der Waals surface area contributed by atoms with Gasteiger partial charge in [0.25, 0.3) is 0 Å². The number of rotatable bonds is 5. The maximum Gasteiger partial charge on any atom is 0.307 e. The first-order valence-electron chi connectivity index (χ1n) is 6.37. The molecule has 1 fully saturated rings. The largest absolute Gasteiger partial charge is 0.460 e. The number of nitrogens with one attached hydrogen (secondary N) is 1. The third-order valence-corrected chi connectivity index (χ3v) is 4.26. The van der Waals surface area contributed by atoms with Crippen LogP contribution in [0.2, 0.25) is 0 Å². The summed E-state index contributed by atoms with van der Waals surface area (Å²) in [5.74, 6) is 1.15. The molecule has 1 atom stereocenters. The highest BCUT2D eigenvalue weighted by atomic mass is 32.2. The zero-order chi connectivity index (χ0) is 12.9. The quantitative estimate of drug-likeness (QED) is 0.608. The van der Waals surface area contributed by atoms with E-state index >= 15 is 0 Å². The summed E-state index contributed by atoms with van der Waals surface area (Å²) in [6.45, 7) is 9.69. The van der Waals surface area contributed by atoms with Crippen molar-refractivity contribution in [1.29, 1.82) is 0 Å². The normalized spacial score (nSPS) is 24.9. The van der Waals surface area contributed by atoms with Crippen LogP contribution in [0.4, 0.5) is 0 Å². The molecule has 0 bridgehead atoms. The molecule has 0 aliphatic carbocycles. The van der Waals surface area contributed by atoms with Gasteiger partial charge >= 0.3 is 5.97 Å². The Bertz CT molecular complexity index is 255. The maximum atomic E-state index is 11.5. The molecule has 0 amide bonds. The van der Waals surface area contributed by atoms with E-state index in [1.807, 2.05) is 32.5 Å². The second kappa shape index (κ2) is 6.10. The molecule has 0 aromatic heterocycles. The van der Waals surface area contributed by atoms with Crippen molar-refractivity contribution < 1.29 is 9.53 Å². The topological polar surface area (TPSA) is 38.3 Å². The molecule has 100 valence electrons. The minimum atomic E-state index is -0.371. The predicted octanol–water partition coefficient (Wildman–Crippen LogP) is 2.59. The Morgan fingerprint density at radius 1 is 1.47 bits per heavy atom. The van der Waals surface area contributed by atoms with Crippen molar-refractivity contribution in [2.75, 3.05) is 18.8 Å². The Hall–Kier alpha value is -0.220. The molecule has 1 unspecified atom stereocenters. The molecule has 17 heavy (non-hydrogen) atoms. The van der Waals surface area contributed by atoms with E-state index in [4.69, 9.17) is 4.74 Å². The van der Waals surface area contributed by atoms with Crippen LogP contribution in [0.1, 0.15) is 47.0 Å². The van der Waals surface area contributed by atoms with Gasteiger partial charge in [-0.2, -0.15) is 11.8 Å². The van der Waals surface area contributed by atoms with Gasteiger partial charge in [0.05, 0.1) is 6.42 Å². The van der Waals surface area contributed by atoms with E-state index in [1.54, 1.807) is 0 Å². The summed E-state index contributed by atoms with van der Waals surface area (Å²) in [6.07, 6.45) is 3.05.